The van der Waals surface area contributed by atoms with E-state index in [9.17, 15) is 9.59 Å². The molecule has 0 saturated heterocycles. The van der Waals surface area contributed by atoms with Crippen molar-refractivity contribution in [2.75, 3.05) is 17.7 Å². The Morgan fingerprint density at radius 1 is 0.919 bits per heavy atom. The highest BCUT2D eigenvalue weighted by Gasteiger charge is 2.18. The van der Waals surface area contributed by atoms with Crippen LogP contribution in [0.5, 0.6) is 17.2 Å². The van der Waals surface area contributed by atoms with E-state index in [2.05, 4.69) is 15.6 Å². The minimum Gasteiger partial charge on any atom is -0.497 e. The van der Waals surface area contributed by atoms with Crippen LogP contribution >= 0.6 is 0 Å². The fourth-order valence-electron chi connectivity index (χ4n) is 3.63. The summed E-state index contributed by atoms with van der Waals surface area (Å²) in [5.74, 6) is 1.54. The summed E-state index contributed by atoms with van der Waals surface area (Å²) >= 11 is 0. The number of primary amides is 1. The van der Waals surface area contributed by atoms with Crippen LogP contribution in [0.15, 0.2) is 72.9 Å². The molecule has 0 atom stereocenters. The van der Waals surface area contributed by atoms with Gasteiger partial charge in [-0.05, 0) is 51.1 Å². The number of nitrogens with one attached hydrogen (secondary N) is 2. The van der Waals surface area contributed by atoms with Gasteiger partial charge in [-0.25, -0.2) is 9.78 Å². The second-order valence-corrected chi connectivity index (χ2v) is 9.20. The molecular formula is C28H28N4O5. The minimum atomic E-state index is -0.609. The molecule has 2 amide bonds. The number of methoxy groups -OCH3 is 1. The highest BCUT2D eigenvalue weighted by molar-refractivity contribution is 6.03. The Kier molecular flexibility index (Phi) is 7.15. The number of hydrogen-bond donors (Lipinski definition) is 3. The SMILES string of the molecule is COc1cc(Nc2cc(Oc3ccc(NC(=O)OC(C)(C)C)c4ccccc34)ccn2)cc(C(N)=O)c1. The number of carbonyl (C=O) groups excluding carboxylic acids is 2. The van der Waals surface area contributed by atoms with Crippen LogP contribution in [0.3, 0.4) is 0 Å². The van der Waals surface area contributed by atoms with E-state index in [0.29, 0.717) is 40.0 Å². The topological polar surface area (TPSA) is 125 Å². The maximum Gasteiger partial charge on any atom is 0.412 e. The number of aromatic nitrogens is 1. The second kappa shape index (κ2) is 10.4. The van der Waals surface area contributed by atoms with Gasteiger partial charge in [-0.2, -0.15) is 0 Å². The van der Waals surface area contributed by atoms with Crippen molar-refractivity contribution < 1.29 is 23.8 Å². The van der Waals surface area contributed by atoms with Crippen molar-refractivity contribution in [2.45, 2.75) is 26.4 Å². The molecule has 4 rings (SSSR count). The van der Waals surface area contributed by atoms with E-state index in [1.807, 2.05) is 45.0 Å². The zero-order valence-electron chi connectivity index (χ0n) is 21.0. The molecule has 0 aliphatic rings. The first-order valence-electron chi connectivity index (χ1n) is 11.5. The van der Waals surface area contributed by atoms with Gasteiger partial charge in [0, 0.05) is 40.4 Å². The van der Waals surface area contributed by atoms with E-state index in [1.54, 1.807) is 48.7 Å². The molecule has 0 bridgehead atoms. The summed E-state index contributed by atoms with van der Waals surface area (Å²) in [6.07, 6.45) is 1.07. The van der Waals surface area contributed by atoms with Crippen molar-refractivity contribution >= 4 is 40.0 Å². The lowest BCUT2D eigenvalue weighted by Gasteiger charge is -2.20. The molecule has 4 aromatic rings. The number of nitrogens with two attached hydrogens (primary N) is 1. The van der Waals surface area contributed by atoms with Crippen LogP contribution in [0.2, 0.25) is 0 Å². The smallest absolute Gasteiger partial charge is 0.412 e. The fraction of sp³-hybridized carbons (Fsp3) is 0.179. The molecule has 0 fully saturated rings. The Morgan fingerprint density at radius 3 is 2.38 bits per heavy atom. The van der Waals surface area contributed by atoms with E-state index in [-0.39, 0.29) is 0 Å². The van der Waals surface area contributed by atoms with Crippen LogP contribution in [-0.4, -0.2) is 29.7 Å². The number of hydrogen-bond acceptors (Lipinski definition) is 7. The van der Waals surface area contributed by atoms with Gasteiger partial charge in [-0.15, -0.1) is 0 Å². The summed E-state index contributed by atoms with van der Waals surface area (Å²) in [6, 6.07) is 19.5. The van der Waals surface area contributed by atoms with Gasteiger partial charge in [-0.3, -0.25) is 10.1 Å². The highest BCUT2D eigenvalue weighted by atomic mass is 16.6. The van der Waals surface area contributed by atoms with E-state index < -0.39 is 17.6 Å². The Labute approximate surface area is 214 Å². The summed E-state index contributed by atoms with van der Waals surface area (Å²) in [7, 11) is 1.51. The molecule has 1 aromatic heterocycles. The van der Waals surface area contributed by atoms with Crippen molar-refractivity contribution in [2.24, 2.45) is 5.73 Å². The van der Waals surface area contributed by atoms with Crippen LogP contribution in [-0.2, 0) is 4.74 Å². The summed E-state index contributed by atoms with van der Waals surface area (Å²) in [5, 5.41) is 7.56. The highest BCUT2D eigenvalue weighted by Crippen LogP contribution is 2.35. The predicted molar refractivity (Wildman–Crippen MR) is 143 cm³/mol. The third-order valence-corrected chi connectivity index (χ3v) is 5.18. The van der Waals surface area contributed by atoms with Gasteiger partial charge in [-0.1, -0.05) is 24.3 Å². The quantitative estimate of drug-likeness (QED) is 0.275. The van der Waals surface area contributed by atoms with Crippen molar-refractivity contribution in [3.05, 3.63) is 78.5 Å². The predicted octanol–water partition coefficient (Wildman–Crippen LogP) is 6.23. The standard InChI is InChI=1S/C28H28N4O5/c1-28(2,3)37-27(34)32-23-9-10-24(22-8-6-5-7-21(22)23)36-19-11-12-30-25(16-19)31-18-13-17(26(29)33)14-20(15-18)35-4/h5-16H,1-4H3,(H2,29,33)(H,30,31)(H,32,34). The molecule has 0 unspecified atom stereocenters. The fourth-order valence-corrected chi connectivity index (χ4v) is 3.63. The molecule has 190 valence electrons. The molecule has 0 saturated carbocycles. The number of benzene rings is 3. The van der Waals surface area contributed by atoms with Crippen LogP contribution in [0.1, 0.15) is 31.1 Å². The van der Waals surface area contributed by atoms with Gasteiger partial charge in [0.25, 0.3) is 0 Å². The van der Waals surface area contributed by atoms with Crippen molar-refractivity contribution in [3.8, 4) is 17.2 Å². The molecule has 9 heteroatoms. The number of amides is 2. The molecule has 0 spiro atoms. The Morgan fingerprint density at radius 2 is 1.68 bits per heavy atom. The number of ether oxygens (including phenoxy) is 3. The summed E-state index contributed by atoms with van der Waals surface area (Å²) < 4.78 is 16.8. The first-order chi connectivity index (χ1) is 17.6. The summed E-state index contributed by atoms with van der Waals surface area (Å²) in [6.45, 7) is 5.43. The lowest BCUT2D eigenvalue weighted by molar-refractivity contribution is 0.0636. The second-order valence-electron chi connectivity index (χ2n) is 9.20. The van der Waals surface area contributed by atoms with Gasteiger partial charge in [0.05, 0.1) is 12.8 Å². The Bertz CT molecular complexity index is 1460. The van der Waals surface area contributed by atoms with Crippen LogP contribution < -0.4 is 25.8 Å². The lowest BCUT2D eigenvalue weighted by atomic mass is 10.1. The molecule has 0 aliphatic carbocycles. The minimum absolute atomic E-state index is 0.306. The average Bonchev–Trinajstić information content (AvgIpc) is 2.84. The summed E-state index contributed by atoms with van der Waals surface area (Å²) in [5.41, 5.74) is 6.32. The normalized spacial score (nSPS) is 11.0. The van der Waals surface area contributed by atoms with Crippen LogP contribution in [0.25, 0.3) is 10.8 Å². The zero-order chi connectivity index (χ0) is 26.6. The Hall–Kier alpha value is -4.79. The van der Waals surface area contributed by atoms with E-state index in [0.717, 1.165) is 10.8 Å². The number of nitrogens with zero attached hydrogens (tertiary/aromatic N) is 1. The number of fused-ring (bicyclic) bond motifs is 1. The molecule has 0 aliphatic heterocycles. The van der Waals surface area contributed by atoms with Gasteiger partial charge < -0.3 is 25.3 Å². The molecular weight excluding hydrogens is 472 g/mol. The van der Waals surface area contributed by atoms with Crippen molar-refractivity contribution in [1.82, 2.24) is 4.98 Å². The molecule has 9 nitrogen and oxygen atoms in total. The maximum absolute atomic E-state index is 12.3. The number of rotatable bonds is 7. The number of anilines is 3. The van der Waals surface area contributed by atoms with Crippen LogP contribution in [0.4, 0.5) is 22.0 Å². The summed E-state index contributed by atoms with van der Waals surface area (Å²) in [4.78, 5) is 28.3. The molecule has 37 heavy (non-hydrogen) atoms. The van der Waals surface area contributed by atoms with E-state index in [4.69, 9.17) is 19.9 Å². The average molecular weight is 501 g/mol. The third-order valence-electron chi connectivity index (χ3n) is 5.18. The van der Waals surface area contributed by atoms with E-state index in [1.165, 1.54) is 7.11 Å². The molecule has 4 N–H and O–H groups in total. The van der Waals surface area contributed by atoms with Crippen molar-refractivity contribution in [3.63, 3.8) is 0 Å². The third kappa shape index (κ3) is 6.46. The zero-order valence-corrected chi connectivity index (χ0v) is 21.0. The first-order valence-corrected chi connectivity index (χ1v) is 11.5. The first kappa shape index (κ1) is 25.3. The molecule has 3 aromatic carbocycles. The van der Waals surface area contributed by atoms with E-state index >= 15 is 0 Å². The number of pyridine rings is 1. The largest absolute Gasteiger partial charge is 0.497 e. The molecule has 1 heterocycles. The van der Waals surface area contributed by atoms with Crippen molar-refractivity contribution in [1.29, 1.82) is 0 Å². The number of carbonyl (C=O) groups is 2. The molecule has 0 radical (unpaired) electrons. The van der Waals surface area contributed by atoms with Gasteiger partial charge >= 0.3 is 6.09 Å². The van der Waals surface area contributed by atoms with Gasteiger partial charge in [0.2, 0.25) is 5.91 Å². The maximum atomic E-state index is 12.3. The monoisotopic (exact) mass is 500 g/mol. The van der Waals surface area contributed by atoms with Gasteiger partial charge in [0.1, 0.15) is 28.7 Å². The van der Waals surface area contributed by atoms with Gasteiger partial charge in [0.15, 0.2) is 0 Å². The Balaban J connectivity index is 1.58. The van der Waals surface area contributed by atoms with Crippen LogP contribution in [0, 0.1) is 0 Å². The lowest BCUT2D eigenvalue weighted by Crippen LogP contribution is -2.27.